The van der Waals surface area contributed by atoms with Gasteiger partial charge in [-0.1, -0.05) is 13.0 Å². The molecule has 114 valence electrons. The molecule has 1 aromatic heterocycles. The zero-order valence-electron chi connectivity index (χ0n) is 12.3. The van der Waals surface area contributed by atoms with Crippen LogP contribution in [-0.2, 0) is 16.6 Å². The van der Waals surface area contributed by atoms with E-state index < -0.39 is 10.0 Å². The maximum Gasteiger partial charge on any atom is 0.263 e. The van der Waals surface area contributed by atoms with E-state index in [1.807, 2.05) is 26.8 Å². The first-order chi connectivity index (χ1) is 9.92. The Labute approximate surface area is 129 Å². The first-order valence-corrected chi connectivity index (χ1v) is 8.98. The van der Waals surface area contributed by atoms with Crippen LogP contribution in [0, 0.1) is 13.8 Å². The van der Waals surface area contributed by atoms with Crippen molar-refractivity contribution < 1.29 is 8.42 Å². The molecule has 2 rings (SSSR count). The summed E-state index contributed by atoms with van der Waals surface area (Å²) >= 11 is 1.32. The van der Waals surface area contributed by atoms with E-state index in [2.05, 4.69) is 15.0 Å². The van der Waals surface area contributed by atoms with Crippen molar-refractivity contribution in [1.29, 1.82) is 0 Å². The Morgan fingerprint density at radius 3 is 2.67 bits per heavy atom. The van der Waals surface area contributed by atoms with Crippen LogP contribution in [0.5, 0.6) is 0 Å². The highest BCUT2D eigenvalue weighted by Crippen LogP contribution is 2.22. The van der Waals surface area contributed by atoms with Gasteiger partial charge in [-0.15, -0.1) is 11.3 Å². The van der Waals surface area contributed by atoms with E-state index in [0.717, 1.165) is 22.5 Å². The second kappa shape index (κ2) is 6.55. The second-order valence-corrected chi connectivity index (χ2v) is 7.67. The van der Waals surface area contributed by atoms with E-state index >= 15 is 0 Å². The average Bonchev–Trinajstić information content (AvgIpc) is 2.82. The molecule has 0 aliphatic carbocycles. The first-order valence-electron chi connectivity index (χ1n) is 6.68. The summed E-state index contributed by atoms with van der Waals surface area (Å²) in [4.78, 5) is 5.25. The number of aryl methyl sites for hydroxylation is 2. The van der Waals surface area contributed by atoms with Crippen molar-refractivity contribution >= 4 is 26.5 Å². The number of benzene rings is 1. The summed E-state index contributed by atoms with van der Waals surface area (Å²) in [5.74, 6) is 0. The number of sulfonamides is 1. The van der Waals surface area contributed by atoms with Crippen molar-refractivity contribution in [2.24, 2.45) is 0 Å². The molecule has 5 nitrogen and oxygen atoms in total. The predicted octanol–water partition coefficient (Wildman–Crippen LogP) is 2.67. The van der Waals surface area contributed by atoms with Gasteiger partial charge >= 0.3 is 0 Å². The predicted molar refractivity (Wildman–Crippen MR) is 86.2 cm³/mol. The van der Waals surface area contributed by atoms with E-state index in [4.69, 9.17) is 0 Å². The molecule has 7 heteroatoms. The third kappa shape index (κ3) is 4.03. The molecule has 0 amide bonds. The van der Waals surface area contributed by atoms with Crippen LogP contribution >= 0.6 is 11.3 Å². The van der Waals surface area contributed by atoms with Crippen LogP contribution in [0.4, 0.5) is 5.13 Å². The van der Waals surface area contributed by atoms with E-state index in [9.17, 15) is 8.42 Å². The van der Waals surface area contributed by atoms with Crippen LogP contribution in [0.2, 0.25) is 0 Å². The number of anilines is 1. The zero-order valence-corrected chi connectivity index (χ0v) is 13.9. The number of nitrogens with zero attached hydrogens (tertiary/aromatic N) is 1. The second-order valence-electron chi connectivity index (χ2n) is 4.75. The summed E-state index contributed by atoms with van der Waals surface area (Å²) in [7, 11) is -3.59. The molecule has 0 aliphatic rings. The van der Waals surface area contributed by atoms with Crippen LogP contribution in [0.1, 0.15) is 22.9 Å². The summed E-state index contributed by atoms with van der Waals surface area (Å²) in [6, 6.07) is 5.16. The SMILES string of the molecule is CCNCc1cc(S(=O)(=O)Nc2ncc(C)s2)ccc1C. The van der Waals surface area contributed by atoms with Crippen LogP contribution in [-0.4, -0.2) is 19.9 Å². The molecule has 1 aromatic carbocycles. The fraction of sp³-hybridized carbons (Fsp3) is 0.357. The Kier molecular flexibility index (Phi) is 4.97. The normalized spacial score (nSPS) is 11.6. The molecule has 0 unspecified atom stereocenters. The van der Waals surface area contributed by atoms with Gasteiger partial charge in [0.15, 0.2) is 5.13 Å². The van der Waals surface area contributed by atoms with Crippen LogP contribution in [0.15, 0.2) is 29.3 Å². The Balaban J connectivity index is 2.27. The van der Waals surface area contributed by atoms with Gasteiger partial charge in [0.25, 0.3) is 10.0 Å². The molecule has 0 fully saturated rings. The lowest BCUT2D eigenvalue weighted by Gasteiger charge is -2.10. The largest absolute Gasteiger partial charge is 0.313 e. The van der Waals surface area contributed by atoms with Gasteiger partial charge in [0.2, 0.25) is 0 Å². The molecule has 2 N–H and O–H groups in total. The standard InChI is InChI=1S/C14H19N3O2S2/c1-4-15-9-12-7-13(6-5-10(12)2)21(18,19)17-14-16-8-11(3)20-14/h5-8,15H,4,9H2,1-3H3,(H,16,17). The van der Waals surface area contributed by atoms with Crippen LogP contribution in [0.3, 0.4) is 0 Å². The molecule has 1 heterocycles. The molecule has 0 radical (unpaired) electrons. The number of hydrogen-bond donors (Lipinski definition) is 2. The van der Waals surface area contributed by atoms with Gasteiger partial charge < -0.3 is 5.32 Å². The monoisotopic (exact) mass is 325 g/mol. The molecule has 21 heavy (non-hydrogen) atoms. The minimum absolute atomic E-state index is 0.258. The number of hydrogen-bond acceptors (Lipinski definition) is 5. The topological polar surface area (TPSA) is 71.1 Å². The maximum absolute atomic E-state index is 12.4. The number of rotatable bonds is 6. The summed E-state index contributed by atoms with van der Waals surface area (Å²) in [5, 5.41) is 3.60. The van der Waals surface area contributed by atoms with E-state index in [-0.39, 0.29) is 4.90 Å². The van der Waals surface area contributed by atoms with Crippen LogP contribution in [0.25, 0.3) is 0 Å². The molecule has 0 bridgehead atoms. The number of thiazole rings is 1. The fourth-order valence-corrected chi connectivity index (χ4v) is 3.80. The highest BCUT2D eigenvalue weighted by molar-refractivity contribution is 7.93. The molecule has 2 aromatic rings. The zero-order chi connectivity index (χ0) is 15.5. The lowest BCUT2D eigenvalue weighted by atomic mass is 10.1. The number of aromatic nitrogens is 1. The molecule has 0 saturated carbocycles. The lowest BCUT2D eigenvalue weighted by molar-refractivity contribution is 0.601. The number of nitrogens with one attached hydrogen (secondary N) is 2. The maximum atomic E-state index is 12.4. The van der Waals surface area contributed by atoms with E-state index in [1.54, 1.807) is 18.3 Å². The summed E-state index contributed by atoms with van der Waals surface area (Å²) in [6.07, 6.45) is 1.65. The highest BCUT2D eigenvalue weighted by Gasteiger charge is 2.17. The molecule has 0 saturated heterocycles. The summed E-state index contributed by atoms with van der Waals surface area (Å²) in [6.45, 7) is 7.37. The molecular weight excluding hydrogens is 306 g/mol. The van der Waals surface area contributed by atoms with Crippen LogP contribution < -0.4 is 10.0 Å². The molecule has 0 spiro atoms. The fourth-order valence-electron chi connectivity index (χ4n) is 1.84. The molecule has 0 atom stereocenters. The Morgan fingerprint density at radius 2 is 2.05 bits per heavy atom. The highest BCUT2D eigenvalue weighted by atomic mass is 32.2. The van der Waals surface area contributed by atoms with Crippen molar-refractivity contribution in [2.45, 2.75) is 32.2 Å². The van der Waals surface area contributed by atoms with Gasteiger partial charge in [0.05, 0.1) is 4.90 Å². The minimum atomic E-state index is -3.59. The van der Waals surface area contributed by atoms with Gasteiger partial charge in [0.1, 0.15) is 0 Å². The van der Waals surface area contributed by atoms with Crippen molar-refractivity contribution in [3.63, 3.8) is 0 Å². The Hall–Kier alpha value is -1.44. The van der Waals surface area contributed by atoms with E-state index in [0.29, 0.717) is 11.7 Å². The van der Waals surface area contributed by atoms with Gasteiger partial charge in [-0.05, 0) is 43.7 Å². The first kappa shape index (κ1) is 15.9. The average molecular weight is 325 g/mol. The Bertz CT molecular complexity index is 724. The third-order valence-electron chi connectivity index (χ3n) is 3.04. The molecular formula is C14H19N3O2S2. The van der Waals surface area contributed by atoms with Gasteiger partial charge in [0, 0.05) is 17.6 Å². The van der Waals surface area contributed by atoms with Crippen molar-refractivity contribution in [2.75, 3.05) is 11.3 Å². The summed E-state index contributed by atoms with van der Waals surface area (Å²) < 4.78 is 27.3. The smallest absolute Gasteiger partial charge is 0.263 e. The van der Waals surface area contributed by atoms with Crippen molar-refractivity contribution in [3.05, 3.63) is 40.4 Å². The lowest BCUT2D eigenvalue weighted by Crippen LogP contribution is -2.16. The van der Waals surface area contributed by atoms with Gasteiger partial charge in [-0.2, -0.15) is 0 Å². The Morgan fingerprint density at radius 1 is 1.29 bits per heavy atom. The quantitative estimate of drug-likeness (QED) is 0.856. The third-order valence-corrected chi connectivity index (χ3v) is 5.33. The van der Waals surface area contributed by atoms with Crippen molar-refractivity contribution in [1.82, 2.24) is 10.3 Å². The van der Waals surface area contributed by atoms with Gasteiger partial charge in [-0.3, -0.25) is 4.72 Å². The summed E-state index contributed by atoms with van der Waals surface area (Å²) in [5.41, 5.74) is 2.05. The molecule has 0 aliphatic heterocycles. The minimum Gasteiger partial charge on any atom is -0.313 e. The van der Waals surface area contributed by atoms with E-state index in [1.165, 1.54) is 11.3 Å². The van der Waals surface area contributed by atoms with Gasteiger partial charge in [-0.25, -0.2) is 13.4 Å². The van der Waals surface area contributed by atoms with Crippen molar-refractivity contribution in [3.8, 4) is 0 Å².